The van der Waals surface area contributed by atoms with Crippen LogP contribution in [0.1, 0.15) is 26.2 Å². The molecule has 1 saturated heterocycles. The van der Waals surface area contributed by atoms with Crippen LogP contribution in [0.3, 0.4) is 0 Å². The van der Waals surface area contributed by atoms with Crippen molar-refractivity contribution in [2.75, 3.05) is 19.0 Å². The highest BCUT2D eigenvalue weighted by molar-refractivity contribution is 8.00. The van der Waals surface area contributed by atoms with Crippen molar-refractivity contribution in [2.45, 2.75) is 43.0 Å². The quantitative estimate of drug-likeness (QED) is 0.703. The van der Waals surface area contributed by atoms with Crippen molar-refractivity contribution in [3.8, 4) is 0 Å². The van der Waals surface area contributed by atoms with Gasteiger partial charge in [0.2, 0.25) is 0 Å². The molecule has 1 unspecified atom stereocenters. The third-order valence-electron chi connectivity index (χ3n) is 3.14. The molecule has 4 nitrogen and oxygen atoms in total. The third-order valence-corrected chi connectivity index (χ3v) is 4.32. The number of carboxylic acids is 1. The molecular formula is C11H19NO3S. The molecule has 0 radical (unpaired) electrons. The summed E-state index contributed by atoms with van der Waals surface area (Å²) in [6, 6.07) is 0.429. The standard InChI is InChI=1S/C11H19NO3S/c1-11(10(13)14,12-8-2-3-8)4-5-16-9-6-15-7-9/h8-9,12H,2-7H2,1H3,(H,13,14). The summed E-state index contributed by atoms with van der Waals surface area (Å²) in [5.74, 6) is 0.154. The molecule has 5 heteroatoms. The van der Waals surface area contributed by atoms with Crippen LogP contribution in [0.4, 0.5) is 0 Å². The van der Waals surface area contributed by atoms with Gasteiger partial charge in [0.05, 0.1) is 18.5 Å². The fraction of sp³-hybridized carbons (Fsp3) is 0.909. The fourth-order valence-electron chi connectivity index (χ4n) is 1.66. The molecular weight excluding hydrogens is 226 g/mol. The largest absolute Gasteiger partial charge is 0.480 e. The SMILES string of the molecule is CC(CCSC1COC1)(NC1CC1)C(=O)O. The number of thioether (sulfide) groups is 1. The van der Waals surface area contributed by atoms with Crippen LogP contribution in [0.5, 0.6) is 0 Å². The minimum atomic E-state index is -0.751. The van der Waals surface area contributed by atoms with Crippen molar-refractivity contribution in [2.24, 2.45) is 0 Å². The van der Waals surface area contributed by atoms with Crippen LogP contribution in [0, 0.1) is 0 Å². The summed E-state index contributed by atoms with van der Waals surface area (Å²) in [5, 5.41) is 13.1. The van der Waals surface area contributed by atoms with E-state index in [1.807, 2.05) is 11.8 Å². The maximum atomic E-state index is 11.2. The van der Waals surface area contributed by atoms with Crippen molar-refractivity contribution in [1.29, 1.82) is 0 Å². The van der Waals surface area contributed by atoms with Gasteiger partial charge in [-0.1, -0.05) is 0 Å². The smallest absolute Gasteiger partial charge is 0.323 e. The lowest BCUT2D eigenvalue weighted by molar-refractivity contribution is -0.144. The Kier molecular flexibility index (Phi) is 3.77. The maximum Gasteiger partial charge on any atom is 0.323 e. The lowest BCUT2D eigenvalue weighted by atomic mass is 9.99. The topological polar surface area (TPSA) is 58.6 Å². The third kappa shape index (κ3) is 3.12. The van der Waals surface area contributed by atoms with Gasteiger partial charge in [-0.25, -0.2) is 0 Å². The summed E-state index contributed by atoms with van der Waals surface area (Å²) in [7, 11) is 0. The molecule has 2 fully saturated rings. The first-order valence-corrected chi connectivity index (χ1v) is 6.85. The van der Waals surface area contributed by atoms with Crippen LogP contribution in [-0.2, 0) is 9.53 Å². The zero-order valence-electron chi connectivity index (χ0n) is 9.57. The number of nitrogens with one attached hydrogen (secondary N) is 1. The van der Waals surface area contributed by atoms with E-state index in [9.17, 15) is 9.90 Å². The molecule has 1 saturated carbocycles. The average molecular weight is 245 g/mol. The monoisotopic (exact) mass is 245 g/mol. The summed E-state index contributed by atoms with van der Waals surface area (Å²) in [4.78, 5) is 11.2. The number of carbonyl (C=O) groups is 1. The molecule has 0 bridgehead atoms. The van der Waals surface area contributed by atoms with E-state index in [1.54, 1.807) is 6.92 Å². The van der Waals surface area contributed by atoms with Crippen LogP contribution in [0.15, 0.2) is 0 Å². The summed E-state index contributed by atoms with van der Waals surface area (Å²) in [5.41, 5.74) is -0.751. The lowest BCUT2D eigenvalue weighted by Gasteiger charge is -2.29. The van der Waals surface area contributed by atoms with Gasteiger partial charge in [0.15, 0.2) is 0 Å². The van der Waals surface area contributed by atoms with Crippen LogP contribution >= 0.6 is 11.8 Å². The van der Waals surface area contributed by atoms with E-state index >= 15 is 0 Å². The van der Waals surface area contributed by atoms with Gasteiger partial charge in [-0.3, -0.25) is 10.1 Å². The fourth-order valence-corrected chi connectivity index (χ4v) is 2.90. The van der Waals surface area contributed by atoms with Gasteiger partial charge in [0, 0.05) is 6.04 Å². The molecule has 0 aromatic heterocycles. The van der Waals surface area contributed by atoms with Gasteiger partial charge in [0.1, 0.15) is 5.54 Å². The van der Waals surface area contributed by atoms with Crippen LogP contribution in [-0.4, -0.2) is 46.9 Å². The lowest BCUT2D eigenvalue weighted by Crippen LogP contribution is -2.51. The van der Waals surface area contributed by atoms with E-state index in [0.29, 0.717) is 17.7 Å². The van der Waals surface area contributed by atoms with E-state index in [0.717, 1.165) is 31.8 Å². The highest BCUT2D eigenvalue weighted by Gasteiger charge is 2.38. The highest BCUT2D eigenvalue weighted by atomic mass is 32.2. The van der Waals surface area contributed by atoms with Gasteiger partial charge < -0.3 is 9.84 Å². The molecule has 2 rings (SSSR count). The van der Waals surface area contributed by atoms with Crippen molar-refractivity contribution < 1.29 is 14.6 Å². The summed E-state index contributed by atoms with van der Waals surface area (Å²) in [6.07, 6.45) is 2.92. The van der Waals surface area contributed by atoms with E-state index in [-0.39, 0.29) is 0 Å². The molecule has 0 spiro atoms. The van der Waals surface area contributed by atoms with Gasteiger partial charge in [-0.05, 0) is 31.9 Å². The molecule has 0 aromatic carbocycles. The minimum Gasteiger partial charge on any atom is -0.480 e. The van der Waals surface area contributed by atoms with Gasteiger partial charge in [0.25, 0.3) is 0 Å². The first-order valence-electron chi connectivity index (χ1n) is 5.80. The summed E-state index contributed by atoms with van der Waals surface area (Å²) < 4.78 is 5.09. The van der Waals surface area contributed by atoms with E-state index in [4.69, 9.17) is 4.74 Å². The molecule has 1 atom stereocenters. The number of ether oxygens (including phenoxy) is 1. The van der Waals surface area contributed by atoms with Gasteiger partial charge in [-0.2, -0.15) is 11.8 Å². The molecule has 2 N–H and O–H groups in total. The zero-order chi connectivity index (χ0) is 11.6. The Hall–Kier alpha value is -0.260. The van der Waals surface area contributed by atoms with E-state index in [2.05, 4.69) is 5.32 Å². The normalized spacial score (nSPS) is 24.8. The minimum absolute atomic E-state index is 0.429. The predicted molar refractivity (Wildman–Crippen MR) is 63.9 cm³/mol. The van der Waals surface area contributed by atoms with Crippen molar-refractivity contribution in [3.63, 3.8) is 0 Å². The first kappa shape index (κ1) is 12.2. The number of carboxylic acid groups (broad SMARTS) is 1. The molecule has 0 aromatic rings. The number of rotatable bonds is 7. The Morgan fingerprint density at radius 1 is 1.56 bits per heavy atom. The summed E-state index contributed by atoms with van der Waals surface area (Å²) in [6.45, 7) is 3.44. The second-order valence-electron chi connectivity index (χ2n) is 4.84. The van der Waals surface area contributed by atoms with Crippen molar-refractivity contribution in [1.82, 2.24) is 5.32 Å². The molecule has 92 valence electrons. The van der Waals surface area contributed by atoms with Crippen LogP contribution in [0.2, 0.25) is 0 Å². The Balaban J connectivity index is 1.73. The average Bonchev–Trinajstić information content (AvgIpc) is 2.93. The Bertz CT molecular complexity index is 266. The van der Waals surface area contributed by atoms with Crippen molar-refractivity contribution >= 4 is 17.7 Å². The van der Waals surface area contributed by atoms with E-state index in [1.165, 1.54) is 0 Å². The first-order chi connectivity index (χ1) is 7.60. The molecule has 1 aliphatic carbocycles. The van der Waals surface area contributed by atoms with Gasteiger partial charge >= 0.3 is 5.97 Å². The van der Waals surface area contributed by atoms with Crippen molar-refractivity contribution in [3.05, 3.63) is 0 Å². The second kappa shape index (κ2) is 4.94. The Labute approximate surface area is 100 Å². The molecule has 2 aliphatic rings. The number of aliphatic carboxylic acids is 1. The molecule has 16 heavy (non-hydrogen) atoms. The molecule has 1 aliphatic heterocycles. The maximum absolute atomic E-state index is 11.2. The summed E-state index contributed by atoms with van der Waals surface area (Å²) >= 11 is 1.83. The number of hydrogen-bond donors (Lipinski definition) is 2. The van der Waals surface area contributed by atoms with E-state index < -0.39 is 11.5 Å². The van der Waals surface area contributed by atoms with Crippen LogP contribution in [0.25, 0.3) is 0 Å². The highest BCUT2D eigenvalue weighted by Crippen LogP contribution is 2.27. The zero-order valence-corrected chi connectivity index (χ0v) is 10.4. The second-order valence-corrected chi connectivity index (χ2v) is 6.24. The Morgan fingerprint density at radius 3 is 2.69 bits per heavy atom. The Morgan fingerprint density at radius 2 is 2.25 bits per heavy atom. The van der Waals surface area contributed by atoms with Crippen LogP contribution < -0.4 is 5.32 Å². The molecule has 1 heterocycles. The number of hydrogen-bond acceptors (Lipinski definition) is 4. The molecule has 0 amide bonds. The van der Waals surface area contributed by atoms with Gasteiger partial charge in [-0.15, -0.1) is 0 Å². The predicted octanol–water partition coefficient (Wildman–Crippen LogP) is 1.10.